The molecule has 0 unspecified atom stereocenters. The molecule has 2 aromatic carbocycles. The molecular weight excluding hydrogens is 369 g/mol. The average Bonchev–Trinajstić information content (AvgIpc) is 3.06. The standard InChI is InChI=1S/C20H13ClFN3O2/c21-18-8-14-17(9-24-18)27-16-6-5-11(12-3-1-2-4-15(12)22)7-13(16)20(14)10-26-19(23)25-20/h1-9H,10H2,(H2,23,25)/t20-/m0/s1. The predicted molar refractivity (Wildman–Crippen MR) is 99.5 cm³/mol. The van der Waals surface area contributed by atoms with Crippen LogP contribution in [0.25, 0.3) is 11.1 Å². The molecule has 1 aromatic heterocycles. The summed E-state index contributed by atoms with van der Waals surface area (Å²) >= 11 is 6.11. The van der Waals surface area contributed by atoms with Gasteiger partial charge in [-0.05, 0) is 29.8 Å². The molecule has 5 rings (SSSR count). The molecule has 3 aromatic rings. The van der Waals surface area contributed by atoms with Gasteiger partial charge in [-0.1, -0.05) is 35.9 Å². The van der Waals surface area contributed by atoms with E-state index in [9.17, 15) is 4.39 Å². The number of fused-ring (bicyclic) bond motifs is 4. The van der Waals surface area contributed by atoms with Gasteiger partial charge in [0.25, 0.3) is 6.02 Å². The second-order valence-electron chi connectivity index (χ2n) is 6.40. The molecule has 2 N–H and O–H groups in total. The van der Waals surface area contributed by atoms with E-state index in [1.165, 1.54) is 6.07 Å². The first-order chi connectivity index (χ1) is 13.1. The Hall–Kier alpha value is -3.12. The Bertz CT molecular complexity index is 1120. The highest BCUT2D eigenvalue weighted by Gasteiger charge is 2.47. The molecule has 0 saturated carbocycles. The molecule has 3 heterocycles. The van der Waals surface area contributed by atoms with Crippen LogP contribution in [0.5, 0.6) is 11.5 Å². The van der Waals surface area contributed by atoms with E-state index in [0.29, 0.717) is 33.3 Å². The summed E-state index contributed by atoms with van der Waals surface area (Å²) < 4.78 is 25.8. The van der Waals surface area contributed by atoms with Crippen LogP contribution >= 0.6 is 11.6 Å². The number of hydrogen-bond acceptors (Lipinski definition) is 5. The number of halogens is 2. The van der Waals surface area contributed by atoms with Crippen LogP contribution in [0, 0.1) is 5.82 Å². The number of nitrogens with zero attached hydrogens (tertiary/aromatic N) is 2. The molecule has 7 heteroatoms. The largest absolute Gasteiger partial charge is 0.462 e. The maximum absolute atomic E-state index is 14.3. The lowest BCUT2D eigenvalue weighted by Gasteiger charge is -2.33. The van der Waals surface area contributed by atoms with Gasteiger partial charge in [-0.3, -0.25) is 0 Å². The second kappa shape index (κ2) is 5.69. The van der Waals surface area contributed by atoms with Crippen molar-refractivity contribution >= 4 is 17.6 Å². The van der Waals surface area contributed by atoms with Crippen LogP contribution in [0.4, 0.5) is 4.39 Å². The van der Waals surface area contributed by atoms with Crippen LogP contribution in [0.15, 0.2) is 59.7 Å². The Kier molecular flexibility index (Phi) is 3.39. The first-order valence-electron chi connectivity index (χ1n) is 8.28. The van der Waals surface area contributed by atoms with E-state index < -0.39 is 5.54 Å². The fraction of sp³-hybridized carbons (Fsp3) is 0.100. The third-order valence-electron chi connectivity index (χ3n) is 4.84. The van der Waals surface area contributed by atoms with E-state index in [-0.39, 0.29) is 18.4 Å². The van der Waals surface area contributed by atoms with Crippen molar-refractivity contribution in [2.75, 3.05) is 6.61 Å². The summed E-state index contributed by atoms with van der Waals surface area (Å²) in [5.41, 5.74) is 7.57. The van der Waals surface area contributed by atoms with Gasteiger partial charge in [-0.25, -0.2) is 14.4 Å². The highest BCUT2D eigenvalue weighted by Crippen LogP contribution is 2.51. The predicted octanol–water partition coefficient (Wildman–Crippen LogP) is 4.24. The van der Waals surface area contributed by atoms with Crippen LogP contribution in [-0.4, -0.2) is 17.6 Å². The highest BCUT2D eigenvalue weighted by atomic mass is 35.5. The van der Waals surface area contributed by atoms with Gasteiger partial charge in [0.1, 0.15) is 23.3 Å². The minimum atomic E-state index is -0.916. The van der Waals surface area contributed by atoms with E-state index in [0.717, 1.165) is 5.56 Å². The van der Waals surface area contributed by atoms with Gasteiger partial charge in [-0.2, -0.15) is 0 Å². The van der Waals surface area contributed by atoms with E-state index in [1.54, 1.807) is 36.5 Å². The van der Waals surface area contributed by atoms with Gasteiger partial charge in [-0.15, -0.1) is 0 Å². The SMILES string of the molecule is NC1=N[C@@]2(CO1)c1cc(-c3ccccc3F)ccc1Oc1cnc(Cl)cc12. The monoisotopic (exact) mass is 381 g/mol. The molecule has 134 valence electrons. The fourth-order valence-electron chi connectivity index (χ4n) is 3.60. The van der Waals surface area contributed by atoms with Crippen LogP contribution in [0.2, 0.25) is 5.15 Å². The van der Waals surface area contributed by atoms with Crippen LogP contribution in [-0.2, 0) is 10.3 Å². The quantitative estimate of drug-likeness (QED) is 0.640. The highest BCUT2D eigenvalue weighted by molar-refractivity contribution is 6.29. The maximum Gasteiger partial charge on any atom is 0.283 e. The van der Waals surface area contributed by atoms with Crippen molar-refractivity contribution in [3.63, 3.8) is 0 Å². The number of amidine groups is 1. The summed E-state index contributed by atoms with van der Waals surface area (Å²) in [6, 6.07) is 13.8. The zero-order valence-corrected chi connectivity index (χ0v) is 14.7. The molecule has 27 heavy (non-hydrogen) atoms. The lowest BCUT2D eigenvalue weighted by molar-refractivity contribution is 0.264. The van der Waals surface area contributed by atoms with Crippen LogP contribution in [0.1, 0.15) is 11.1 Å². The molecule has 1 spiro atoms. The molecule has 2 aliphatic rings. The lowest BCUT2D eigenvalue weighted by atomic mass is 9.81. The summed E-state index contributed by atoms with van der Waals surface area (Å²) in [4.78, 5) is 8.66. The Morgan fingerprint density at radius 2 is 1.89 bits per heavy atom. The fourth-order valence-corrected chi connectivity index (χ4v) is 3.76. The topological polar surface area (TPSA) is 69.7 Å². The van der Waals surface area contributed by atoms with Gasteiger partial charge < -0.3 is 15.2 Å². The van der Waals surface area contributed by atoms with Crippen molar-refractivity contribution in [2.45, 2.75) is 5.54 Å². The minimum absolute atomic E-state index is 0.0815. The maximum atomic E-state index is 14.3. The average molecular weight is 382 g/mol. The van der Waals surface area contributed by atoms with Crippen molar-refractivity contribution in [1.29, 1.82) is 0 Å². The molecule has 2 aliphatic heterocycles. The van der Waals surface area contributed by atoms with Gasteiger partial charge in [0.2, 0.25) is 0 Å². The van der Waals surface area contributed by atoms with E-state index in [2.05, 4.69) is 9.98 Å². The van der Waals surface area contributed by atoms with Crippen molar-refractivity contribution in [3.8, 4) is 22.6 Å². The third kappa shape index (κ3) is 2.37. The molecular formula is C20H13ClFN3O2. The van der Waals surface area contributed by atoms with Crippen LogP contribution in [0.3, 0.4) is 0 Å². The molecule has 0 fully saturated rings. The molecule has 0 bridgehead atoms. The first kappa shape index (κ1) is 16.1. The van der Waals surface area contributed by atoms with Gasteiger partial charge in [0.05, 0.1) is 6.20 Å². The van der Waals surface area contributed by atoms with E-state index in [4.69, 9.17) is 26.8 Å². The number of pyridine rings is 1. The van der Waals surface area contributed by atoms with Gasteiger partial charge >= 0.3 is 0 Å². The zero-order valence-electron chi connectivity index (χ0n) is 13.9. The molecule has 0 aliphatic carbocycles. The van der Waals surface area contributed by atoms with E-state index >= 15 is 0 Å². The summed E-state index contributed by atoms with van der Waals surface area (Å²) in [5, 5.41) is 0.311. The third-order valence-corrected chi connectivity index (χ3v) is 5.05. The Morgan fingerprint density at radius 3 is 2.67 bits per heavy atom. The number of aromatic nitrogens is 1. The van der Waals surface area contributed by atoms with E-state index in [1.807, 2.05) is 12.1 Å². The minimum Gasteiger partial charge on any atom is -0.462 e. The van der Waals surface area contributed by atoms with Crippen molar-refractivity contribution in [3.05, 3.63) is 76.8 Å². The molecule has 1 atom stereocenters. The first-order valence-corrected chi connectivity index (χ1v) is 8.66. The summed E-state index contributed by atoms with van der Waals surface area (Å²) in [6.45, 7) is 0.198. The number of hydrogen-bond donors (Lipinski definition) is 1. The number of benzene rings is 2. The van der Waals surface area contributed by atoms with Gasteiger partial charge in [0, 0.05) is 16.7 Å². The molecule has 5 nitrogen and oxygen atoms in total. The molecule has 0 saturated heterocycles. The number of aliphatic imine (C=N–C) groups is 1. The van der Waals surface area contributed by atoms with Crippen molar-refractivity contribution < 1.29 is 13.9 Å². The summed E-state index contributed by atoms with van der Waals surface area (Å²) in [5.74, 6) is 0.822. The van der Waals surface area contributed by atoms with Crippen molar-refractivity contribution in [1.82, 2.24) is 4.98 Å². The normalized spacial score (nSPS) is 19.7. The Morgan fingerprint density at radius 1 is 1.07 bits per heavy atom. The van der Waals surface area contributed by atoms with Crippen LogP contribution < -0.4 is 10.5 Å². The second-order valence-corrected chi connectivity index (χ2v) is 6.78. The number of nitrogens with two attached hydrogens (primary N) is 1. The molecule has 0 radical (unpaired) electrons. The Balaban J connectivity index is 1.76. The Labute approximate surface area is 159 Å². The van der Waals surface area contributed by atoms with Gasteiger partial charge in [0.15, 0.2) is 11.3 Å². The number of rotatable bonds is 1. The molecule has 0 amide bonds. The smallest absolute Gasteiger partial charge is 0.283 e. The van der Waals surface area contributed by atoms with Crippen molar-refractivity contribution in [2.24, 2.45) is 10.7 Å². The lowest BCUT2D eigenvalue weighted by Crippen LogP contribution is -2.31. The summed E-state index contributed by atoms with van der Waals surface area (Å²) in [6.07, 6.45) is 1.55. The summed E-state index contributed by atoms with van der Waals surface area (Å²) in [7, 11) is 0. The number of ether oxygens (including phenoxy) is 2. The zero-order chi connectivity index (χ0) is 18.6.